The average molecular weight is 234 g/mol. The van der Waals surface area contributed by atoms with E-state index in [0.717, 1.165) is 24.2 Å². The van der Waals surface area contributed by atoms with E-state index in [1.165, 1.54) is 0 Å². The predicted molar refractivity (Wildman–Crippen MR) is 67.0 cm³/mol. The highest BCUT2D eigenvalue weighted by Gasteiger charge is 2.26. The van der Waals surface area contributed by atoms with E-state index in [4.69, 9.17) is 0 Å². The maximum Gasteiger partial charge on any atom is 0.246 e. The highest BCUT2D eigenvalue weighted by atomic mass is 16.3. The summed E-state index contributed by atoms with van der Waals surface area (Å²) in [5, 5.41) is 12.2. The Morgan fingerprint density at radius 1 is 1.53 bits per heavy atom. The van der Waals surface area contributed by atoms with Crippen molar-refractivity contribution in [3.05, 3.63) is 29.8 Å². The molecule has 0 saturated carbocycles. The molecule has 1 amide bonds. The summed E-state index contributed by atoms with van der Waals surface area (Å²) in [6, 6.07) is 7.41. The molecule has 2 rings (SSSR count). The number of hydrogen-bond acceptors (Lipinski definition) is 3. The van der Waals surface area contributed by atoms with Gasteiger partial charge in [-0.25, -0.2) is 0 Å². The summed E-state index contributed by atoms with van der Waals surface area (Å²) in [7, 11) is 0. The van der Waals surface area contributed by atoms with E-state index >= 15 is 0 Å². The number of carbonyl (C=O) groups excluding carboxylic acids is 1. The van der Waals surface area contributed by atoms with Crippen molar-refractivity contribution in [2.75, 3.05) is 24.6 Å². The number of anilines is 1. The molecule has 2 N–H and O–H groups in total. The zero-order valence-electron chi connectivity index (χ0n) is 10.0. The van der Waals surface area contributed by atoms with Gasteiger partial charge in [-0.05, 0) is 37.6 Å². The Hall–Kier alpha value is -1.39. The van der Waals surface area contributed by atoms with Crippen LogP contribution in [0.5, 0.6) is 0 Å². The van der Waals surface area contributed by atoms with Crippen LogP contribution in [0.4, 0.5) is 5.69 Å². The summed E-state index contributed by atoms with van der Waals surface area (Å²) in [5.41, 5.74) is 2.05. The summed E-state index contributed by atoms with van der Waals surface area (Å²) in [4.78, 5) is 13.9. The number of aliphatic hydroxyl groups excluding tert-OH is 1. The standard InChI is InChI=1S/C13H18N2O2/c1-10-4-2-5-11(8-10)15-7-3-6-14-12(9-16)13(15)17/h2,4-5,8,12,14,16H,3,6-7,9H2,1H3. The molecule has 17 heavy (non-hydrogen) atoms. The van der Waals surface area contributed by atoms with Crippen LogP contribution in [-0.2, 0) is 4.79 Å². The lowest BCUT2D eigenvalue weighted by Gasteiger charge is -2.23. The number of nitrogens with one attached hydrogen (secondary N) is 1. The van der Waals surface area contributed by atoms with Crippen LogP contribution < -0.4 is 10.2 Å². The maximum absolute atomic E-state index is 12.2. The number of hydrogen-bond donors (Lipinski definition) is 2. The average Bonchev–Trinajstić information content (AvgIpc) is 2.51. The molecule has 0 spiro atoms. The van der Waals surface area contributed by atoms with Gasteiger partial charge in [0.25, 0.3) is 0 Å². The number of carbonyl (C=O) groups is 1. The van der Waals surface area contributed by atoms with Crippen LogP contribution in [0.15, 0.2) is 24.3 Å². The van der Waals surface area contributed by atoms with Crippen molar-refractivity contribution >= 4 is 11.6 Å². The van der Waals surface area contributed by atoms with Crippen LogP contribution >= 0.6 is 0 Å². The third kappa shape index (κ3) is 2.65. The van der Waals surface area contributed by atoms with Crippen molar-refractivity contribution in [2.45, 2.75) is 19.4 Å². The molecular formula is C13H18N2O2. The molecule has 1 aromatic rings. The summed E-state index contributed by atoms with van der Waals surface area (Å²) in [6.07, 6.45) is 0.899. The predicted octanol–water partition coefficient (Wildman–Crippen LogP) is 0.682. The Balaban J connectivity index is 2.26. The van der Waals surface area contributed by atoms with Crippen molar-refractivity contribution in [2.24, 2.45) is 0 Å². The van der Waals surface area contributed by atoms with Crippen LogP contribution in [0, 0.1) is 6.92 Å². The second kappa shape index (κ2) is 5.29. The first-order chi connectivity index (χ1) is 8.22. The van der Waals surface area contributed by atoms with Gasteiger partial charge in [-0.2, -0.15) is 0 Å². The Labute approximate surface area is 101 Å². The molecule has 1 unspecified atom stereocenters. The molecule has 1 atom stereocenters. The van der Waals surface area contributed by atoms with Crippen molar-refractivity contribution in [1.82, 2.24) is 5.32 Å². The molecule has 1 aromatic carbocycles. The SMILES string of the molecule is Cc1cccc(N2CCCNC(CO)C2=O)c1. The first-order valence-corrected chi connectivity index (χ1v) is 5.94. The summed E-state index contributed by atoms with van der Waals surface area (Å²) >= 11 is 0. The Morgan fingerprint density at radius 2 is 2.35 bits per heavy atom. The highest BCUT2D eigenvalue weighted by molar-refractivity contribution is 5.97. The monoisotopic (exact) mass is 234 g/mol. The van der Waals surface area contributed by atoms with Gasteiger partial charge in [0.05, 0.1) is 6.61 Å². The lowest BCUT2D eigenvalue weighted by molar-refractivity contribution is -0.121. The molecule has 0 aromatic heterocycles. The van der Waals surface area contributed by atoms with Crippen molar-refractivity contribution in [3.8, 4) is 0 Å². The van der Waals surface area contributed by atoms with Crippen LogP contribution in [-0.4, -0.2) is 36.8 Å². The molecule has 1 heterocycles. The molecule has 4 heteroatoms. The molecule has 1 aliphatic heterocycles. The number of benzene rings is 1. The van der Waals surface area contributed by atoms with E-state index < -0.39 is 6.04 Å². The molecule has 0 radical (unpaired) electrons. The van der Waals surface area contributed by atoms with Crippen LogP contribution in [0.3, 0.4) is 0 Å². The minimum Gasteiger partial charge on any atom is -0.394 e. The lowest BCUT2D eigenvalue weighted by Crippen LogP contribution is -2.46. The number of amides is 1. The van der Waals surface area contributed by atoms with Gasteiger partial charge in [0, 0.05) is 12.2 Å². The van der Waals surface area contributed by atoms with E-state index in [9.17, 15) is 9.90 Å². The minimum absolute atomic E-state index is 0.0457. The summed E-state index contributed by atoms with van der Waals surface area (Å²) in [6.45, 7) is 3.32. The van der Waals surface area contributed by atoms with Crippen LogP contribution in [0.25, 0.3) is 0 Å². The smallest absolute Gasteiger partial charge is 0.246 e. The molecule has 92 valence electrons. The van der Waals surface area contributed by atoms with Crippen molar-refractivity contribution < 1.29 is 9.90 Å². The van der Waals surface area contributed by atoms with E-state index in [-0.39, 0.29) is 12.5 Å². The zero-order valence-corrected chi connectivity index (χ0v) is 10.0. The number of rotatable bonds is 2. The number of nitrogens with zero attached hydrogens (tertiary/aromatic N) is 1. The molecule has 0 aliphatic carbocycles. The number of aliphatic hydroxyl groups is 1. The third-order valence-corrected chi connectivity index (χ3v) is 3.01. The molecule has 1 fully saturated rings. The largest absolute Gasteiger partial charge is 0.394 e. The fourth-order valence-electron chi connectivity index (χ4n) is 2.09. The first-order valence-electron chi connectivity index (χ1n) is 5.94. The van der Waals surface area contributed by atoms with E-state index in [1.54, 1.807) is 4.90 Å². The third-order valence-electron chi connectivity index (χ3n) is 3.01. The fraction of sp³-hybridized carbons (Fsp3) is 0.462. The Kier molecular flexibility index (Phi) is 3.76. The normalized spacial score (nSPS) is 21.4. The van der Waals surface area contributed by atoms with Gasteiger partial charge >= 0.3 is 0 Å². The van der Waals surface area contributed by atoms with E-state index in [0.29, 0.717) is 6.54 Å². The first kappa shape index (κ1) is 12.1. The van der Waals surface area contributed by atoms with Gasteiger partial charge in [0.2, 0.25) is 5.91 Å². The van der Waals surface area contributed by atoms with Gasteiger partial charge in [0.1, 0.15) is 6.04 Å². The summed E-state index contributed by atoms with van der Waals surface area (Å²) in [5.74, 6) is -0.0457. The van der Waals surface area contributed by atoms with Gasteiger partial charge in [0.15, 0.2) is 0 Å². The maximum atomic E-state index is 12.2. The van der Waals surface area contributed by atoms with Gasteiger partial charge in [-0.15, -0.1) is 0 Å². The second-order valence-corrected chi connectivity index (χ2v) is 4.37. The summed E-state index contributed by atoms with van der Waals surface area (Å²) < 4.78 is 0. The van der Waals surface area contributed by atoms with E-state index in [1.807, 2.05) is 31.2 Å². The molecule has 1 saturated heterocycles. The second-order valence-electron chi connectivity index (χ2n) is 4.37. The Bertz CT molecular complexity index is 406. The Morgan fingerprint density at radius 3 is 3.06 bits per heavy atom. The molecule has 1 aliphatic rings. The van der Waals surface area contributed by atoms with Gasteiger partial charge in [-0.1, -0.05) is 12.1 Å². The molecule has 4 nitrogen and oxygen atoms in total. The molecular weight excluding hydrogens is 216 g/mol. The highest BCUT2D eigenvalue weighted by Crippen LogP contribution is 2.18. The van der Waals surface area contributed by atoms with Crippen LogP contribution in [0.2, 0.25) is 0 Å². The minimum atomic E-state index is -0.474. The number of aryl methyl sites for hydroxylation is 1. The van der Waals surface area contributed by atoms with E-state index in [2.05, 4.69) is 5.32 Å². The fourth-order valence-corrected chi connectivity index (χ4v) is 2.09. The van der Waals surface area contributed by atoms with Crippen molar-refractivity contribution in [1.29, 1.82) is 0 Å². The van der Waals surface area contributed by atoms with Gasteiger partial charge in [-0.3, -0.25) is 4.79 Å². The topological polar surface area (TPSA) is 52.6 Å². The van der Waals surface area contributed by atoms with Crippen LogP contribution in [0.1, 0.15) is 12.0 Å². The lowest BCUT2D eigenvalue weighted by atomic mass is 10.2. The van der Waals surface area contributed by atoms with Gasteiger partial charge < -0.3 is 15.3 Å². The zero-order chi connectivity index (χ0) is 12.3. The van der Waals surface area contributed by atoms with Crippen molar-refractivity contribution in [3.63, 3.8) is 0 Å². The quantitative estimate of drug-likeness (QED) is 0.791. The molecule has 0 bridgehead atoms.